The second-order valence-corrected chi connectivity index (χ2v) is 6.16. The van der Waals surface area contributed by atoms with Crippen LogP contribution in [0.4, 0.5) is 11.4 Å². The Kier molecular flexibility index (Phi) is 4.66. The summed E-state index contributed by atoms with van der Waals surface area (Å²) in [7, 11) is -4.08. The molecule has 0 aliphatic heterocycles. The summed E-state index contributed by atoms with van der Waals surface area (Å²) in [5, 5.41) is 38.5. The Morgan fingerprint density at radius 3 is 2.50 bits per heavy atom. The molecular formula is C13H12N4O6S. The van der Waals surface area contributed by atoms with E-state index in [1.54, 1.807) is 0 Å². The van der Waals surface area contributed by atoms with Gasteiger partial charge in [-0.1, -0.05) is 0 Å². The van der Waals surface area contributed by atoms with E-state index in [0.717, 1.165) is 24.3 Å². The summed E-state index contributed by atoms with van der Waals surface area (Å²) in [6.07, 6.45) is 1.17. The molecule has 0 aliphatic rings. The number of phenolic OH excluding ortho intramolecular Hbond substituents is 2. The minimum Gasteiger partial charge on any atom is -0.508 e. The van der Waals surface area contributed by atoms with Crippen LogP contribution < -0.4 is 10.6 Å². The summed E-state index contributed by atoms with van der Waals surface area (Å²) in [5.74, 6) is -0.369. The smallest absolute Gasteiger partial charge is 0.295 e. The van der Waals surface area contributed by atoms with E-state index in [2.05, 4.69) is 10.5 Å². The van der Waals surface area contributed by atoms with Crippen LogP contribution in [0.1, 0.15) is 5.56 Å². The third-order valence-electron chi connectivity index (χ3n) is 2.90. The predicted molar refractivity (Wildman–Crippen MR) is 85.5 cm³/mol. The molecule has 0 atom stereocenters. The number of nitrogens with zero attached hydrogens (tertiary/aromatic N) is 2. The van der Waals surface area contributed by atoms with Crippen LogP contribution in [0.3, 0.4) is 0 Å². The van der Waals surface area contributed by atoms with Gasteiger partial charge in [0.25, 0.3) is 5.69 Å². The maximum absolute atomic E-state index is 11.2. The number of anilines is 1. The number of nitrogens with one attached hydrogen (secondary N) is 1. The highest BCUT2D eigenvalue weighted by molar-refractivity contribution is 7.89. The van der Waals surface area contributed by atoms with Crippen molar-refractivity contribution in [3.05, 3.63) is 52.1 Å². The van der Waals surface area contributed by atoms with E-state index < -0.39 is 25.5 Å². The number of hydrogen-bond acceptors (Lipinski definition) is 8. The first kappa shape index (κ1) is 17.2. The third-order valence-corrected chi connectivity index (χ3v) is 3.81. The largest absolute Gasteiger partial charge is 0.508 e. The number of nitro benzene ring substituents is 1. The Bertz CT molecular complexity index is 926. The Balaban J connectivity index is 2.29. The van der Waals surface area contributed by atoms with Gasteiger partial charge in [-0.3, -0.25) is 15.5 Å². The fourth-order valence-corrected chi connectivity index (χ4v) is 2.28. The number of aromatic hydroxyl groups is 2. The summed E-state index contributed by atoms with van der Waals surface area (Å²) in [6, 6.07) is 6.86. The average Bonchev–Trinajstić information content (AvgIpc) is 2.48. The molecule has 0 aliphatic carbocycles. The van der Waals surface area contributed by atoms with Gasteiger partial charge in [-0.15, -0.1) is 0 Å². The van der Waals surface area contributed by atoms with Gasteiger partial charge in [0.05, 0.1) is 16.0 Å². The molecule has 0 spiro atoms. The van der Waals surface area contributed by atoms with Crippen molar-refractivity contribution in [3.8, 4) is 11.5 Å². The van der Waals surface area contributed by atoms with Crippen LogP contribution in [-0.2, 0) is 10.0 Å². The van der Waals surface area contributed by atoms with Gasteiger partial charge in [0.2, 0.25) is 10.0 Å². The van der Waals surface area contributed by atoms with Crippen LogP contribution >= 0.6 is 0 Å². The van der Waals surface area contributed by atoms with Gasteiger partial charge in [0.15, 0.2) is 0 Å². The van der Waals surface area contributed by atoms with E-state index in [-0.39, 0.29) is 22.7 Å². The van der Waals surface area contributed by atoms with Crippen molar-refractivity contribution in [2.24, 2.45) is 10.2 Å². The summed E-state index contributed by atoms with van der Waals surface area (Å²) in [4.78, 5) is 9.85. The summed E-state index contributed by atoms with van der Waals surface area (Å²) in [5.41, 5.74) is 2.03. The molecule has 0 saturated carbocycles. The summed E-state index contributed by atoms with van der Waals surface area (Å²) < 4.78 is 22.5. The number of hydrogen-bond donors (Lipinski definition) is 4. The normalized spacial score (nSPS) is 11.5. The molecule has 24 heavy (non-hydrogen) atoms. The maximum Gasteiger partial charge on any atom is 0.295 e. The van der Waals surface area contributed by atoms with Crippen molar-refractivity contribution < 1.29 is 23.6 Å². The van der Waals surface area contributed by atoms with Crippen LogP contribution in [0.25, 0.3) is 0 Å². The summed E-state index contributed by atoms with van der Waals surface area (Å²) >= 11 is 0. The first-order valence-corrected chi connectivity index (χ1v) is 7.85. The zero-order chi connectivity index (χ0) is 17.9. The topological polar surface area (TPSA) is 168 Å². The maximum atomic E-state index is 11.2. The van der Waals surface area contributed by atoms with Crippen molar-refractivity contribution in [3.63, 3.8) is 0 Å². The Labute approximate surface area is 136 Å². The molecular weight excluding hydrogens is 340 g/mol. The molecule has 0 amide bonds. The van der Waals surface area contributed by atoms with Crippen molar-refractivity contribution in [2.75, 3.05) is 5.43 Å². The van der Waals surface area contributed by atoms with Crippen molar-refractivity contribution >= 4 is 27.6 Å². The number of benzene rings is 2. The monoisotopic (exact) mass is 352 g/mol. The fraction of sp³-hybridized carbons (Fsp3) is 0. The van der Waals surface area contributed by atoms with Gasteiger partial charge in [0.1, 0.15) is 17.2 Å². The van der Waals surface area contributed by atoms with Crippen LogP contribution in [0.15, 0.2) is 46.4 Å². The van der Waals surface area contributed by atoms with E-state index in [1.165, 1.54) is 18.3 Å². The van der Waals surface area contributed by atoms with Crippen LogP contribution in [0, 0.1) is 10.1 Å². The fourth-order valence-electron chi connectivity index (χ4n) is 1.75. The number of nitro groups is 1. The molecule has 11 heteroatoms. The lowest BCUT2D eigenvalue weighted by atomic mass is 10.2. The van der Waals surface area contributed by atoms with Crippen molar-refractivity contribution in [1.82, 2.24) is 0 Å². The minimum atomic E-state index is -4.08. The lowest BCUT2D eigenvalue weighted by Gasteiger charge is -2.04. The van der Waals surface area contributed by atoms with Crippen molar-refractivity contribution in [1.29, 1.82) is 0 Å². The quantitative estimate of drug-likeness (QED) is 0.355. The highest BCUT2D eigenvalue weighted by atomic mass is 32.2. The second kappa shape index (κ2) is 6.52. The molecule has 2 rings (SSSR count). The summed E-state index contributed by atoms with van der Waals surface area (Å²) in [6.45, 7) is 0. The molecule has 0 radical (unpaired) electrons. The Hall–Kier alpha value is -3.18. The number of nitrogens with two attached hydrogens (primary N) is 1. The number of hydrazone groups is 1. The Morgan fingerprint density at radius 1 is 1.21 bits per heavy atom. The molecule has 0 bridgehead atoms. The molecule has 0 fully saturated rings. The standard InChI is InChI=1S/C13H12N4O6S/c14-24(22,23)10-3-4-11(12(6-10)17(20)21)16-15-7-8-1-2-9(18)5-13(8)19/h1-7,16,18-19H,(H2,14,22,23)/b15-7+. The predicted octanol–water partition coefficient (Wildman–Crippen LogP) is 1.10. The minimum absolute atomic E-state index is 0.0677. The van der Waals surface area contributed by atoms with E-state index >= 15 is 0 Å². The molecule has 126 valence electrons. The molecule has 5 N–H and O–H groups in total. The Morgan fingerprint density at radius 2 is 1.92 bits per heavy atom. The van der Waals surface area contributed by atoms with Gasteiger partial charge in [0, 0.05) is 17.7 Å². The molecule has 0 aromatic heterocycles. The number of sulfonamides is 1. The highest BCUT2D eigenvalue weighted by Crippen LogP contribution is 2.27. The van der Waals surface area contributed by atoms with Crippen molar-refractivity contribution in [2.45, 2.75) is 4.90 Å². The van der Waals surface area contributed by atoms with E-state index in [4.69, 9.17) is 5.14 Å². The average molecular weight is 352 g/mol. The molecule has 0 unspecified atom stereocenters. The first-order valence-electron chi connectivity index (χ1n) is 6.31. The lowest BCUT2D eigenvalue weighted by molar-refractivity contribution is -0.384. The molecule has 0 saturated heterocycles. The van der Waals surface area contributed by atoms with E-state index in [9.17, 15) is 28.7 Å². The lowest BCUT2D eigenvalue weighted by Crippen LogP contribution is -2.12. The molecule has 0 heterocycles. The SMILES string of the molecule is NS(=O)(=O)c1ccc(N/N=C/c2ccc(O)cc2O)c([N+](=O)[O-])c1. The zero-order valence-electron chi connectivity index (χ0n) is 11.9. The molecule has 2 aromatic carbocycles. The number of primary sulfonamides is 1. The van der Waals surface area contributed by atoms with Crippen LogP contribution in [-0.4, -0.2) is 29.8 Å². The van der Waals surface area contributed by atoms with Gasteiger partial charge >= 0.3 is 0 Å². The van der Waals surface area contributed by atoms with E-state index in [0.29, 0.717) is 0 Å². The zero-order valence-corrected chi connectivity index (χ0v) is 12.8. The van der Waals surface area contributed by atoms with E-state index in [1.807, 2.05) is 0 Å². The molecule has 2 aromatic rings. The van der Waals surface area contributed by atoms with Gasteiger partial charge in [-0.2, -0.15) is 5.10 Å². The van der Waals surface area contributed by atoms with Crippen LogP contribution in [0.2, 0.25) is 0 Å². The number of rotatable bonds is 5. The van der Waals surface area contributed by atoms with Gasteiger partial charge in [-0.25, -0.2) is 13.6 Å². The van der Waals surface area contributed by atoms with Crippen LogP contribution in [0.5, 0.6) is 11.5 Å². The molecule has 10 nitrogen and oxygen atoms in total. The van der Waals surface area contributed by atoms with Gasteiger partial charge in [-0.05, 0) is 24.3 Å². The second-order valence-electron chi connectivity index (χ2n) is 4.59. The third kappa shape index (κ3) is 3.97. The highest BCUT2D eigenvalue weighted by Gasteiger charge is 2.18. The first-order chi connectivity index (χ1) is 11.2. The van der Waals surface area contributed by atoms with Gasteiger partial charge < -0.3 is 10.2 Å². The number of phenols is 2.